The average molecular weight is 297 g/mol. The first-order chi connectivity index (χ1) is 11.4. The first-order valence-electron chi connectivity index (χ1n) is 7.51. The number of benzene rings is 2. The number of hydrogen-bond acceptors (Lipinski definition) is 2. The van der Waals surface area contributed by atoms with Gasteiger partial charge in [-0.2, -0.15) is 0 Å². The third-order valence-corrected chi connectivity index (χ3v) is 3.79. The third kappa shape index (κ3) is 2.77. The van der Waals surface area contributed by atoms with Gasteiger partial charge in [-0.1, -0.05) is 36.4 Å². The van der Waals surface area contributed by atoms with Crippen molar-refractivity contribution >= 4 is 22.8 Å². The van der Waals surface area contributed by atoms with Crippen LogP contribution in [-0.4, -0.2) is 16.2 Å². The monoisotopic (exact) mass is 297 g/mol. The van der Waals surface area contributed by atoms with E-state index in [1.54, 1.807) is 12.4 Å². The maximum Gasteiger partial charge on any atom is 0.0629 e. The summed E-state index contributed by atoms with van der Waals surface area (Å²) in [7, 11) is 0. The number of nitrogens with zero attached hydrogens (tertiary/aromatic N) is 2. The molecule has 0 radical (unpaired) electrons. The molecule has 3 heteroatoms. The van der Waals surface area contributed by atoms with Gasteiger partial charge in [-0.15, -0.1) is 0 Å². The summed E-state index contributed by atoms with van der Waals surface area (Å²) in [5, 5.41) is 1.17. The highest BCUT2D eigenvalue weighted by atomic mass is 14.7. The van der Waals surface area contributed by atoms with Gasteiger partial charge in [-0.05, 0) is 30.3 Å². The van der Waals surface area contributed by atoms with E-state index in [1.807, 2.05) is 48.7 Å². The quantitative estimate of drug-likeness (QED) is 0.532. The molecule has 0 aliphatic carbocycles. The van der Waals surface area contributed by atoms with Crippen molar-refractivity contribution in [1.82, 2.24) is 9.97 Å². The lowest BCUT2D eigenvalue weighted by Gasteiger charge is -1.98. The molecule has 2 heterocycles. The van der Waals surface area contributed by atoms with Gasteiger partial charge in [0.15, 0.2) is 0 Å². The molecule has 2 aromatic heterocycles. The zero-order valence-electron chi connectivity index (χ0n) is 12.5. The van der Waals surface area contributed by atoms with Gasteiger partial charge in [0, 0.05) is 40.8 Å². The number of aliphatic imine (C=N–C) groups is 1. The van der Waals surface area contributed by atoms with Crippen LogP contribution in [0.25, 0.3) is 22.2 Å². The molecule has 23 heavy (non-hydrogen) atoms. The Labute approximate surface area is 134 Å². The van der Waals surface area contributed by atoms with Crippen LogP contribution in [0, 0.1) is 0 Å². The first-order valence-corrected chi connectivity index (χ1v) is 7.51. The molecule has 0 atom stereocenters. The molecular formula is C20H15N3. The summed E-state index contributed by atoms with van der Waals surface area (Å²) in [4.78, 5) is 12.1. The highest BCUT2D eigenvalue weighted by molar-refractivity contribution is 6.00. The fourth-order valence-corrected chi connectivity index (χ4v) is 2.63. The molecular weight excluding hydrogens is 282 g/mol. The van der Waals surface area contributed by atoms with E-state index in [0.717, 1.165) is 28.0 Å². The molecule has 0 unspecified atom stereocenters. The number of rotatable bonds is 3. The lowest BCUT2D eigenvalue weighted by atomic mass is 10.1. The molecule has 4 rings (SSSR count). The van der Waals surface area contributed by atoms with Gasteiger partial charge in [-0.25, -0.2) is 0 Å². The van der Waals surface area contributed by atoms with Crippen molar-refractivity contribution in [2.75, 3.05) is 0 Å². The Balaban J connectivity index is 1.76. The second-order valence-electron chi connectivity index (χ2n) is 5.32. The summed E-state index contributed by atoms with van der Waals surface area (Å²) >= 11 is 0. The van der Waals surface area contributed by atoms with E-state index in [1.165, 1.54) is 5.39 Å². The topological polar surface area (TPSA) is 41.0 Å². The van der Waals surface area contributed by atoms with Crippen molar-refractivity contribution in [2.45, 2.75) is 0 Å². The first kappa shape index (κ1) is 13.5. The van der Waals surface area contributed by atoms with E-state index < -0.39 is 0 Å². The zero-order chi connectivity index (χ0) is 15.5. The van der Waals surface area contributed by atoms with Crippen LogP contribution < -0.4 is 0 Å². The van der Waals surface area contributed by atoms with Crippen LogP contribution in [-0.2, 0) is 0 Å². The van der Waals surface area contributed by atoms with Gasteiger partial charge < -0.3 is 4.98 Å². The standard InChI is InChI=1S/C20H15N3/c1-2-7-18(8-3-1)22-14-17-6-4-5-16-13-19(23-20(16)17)15-9-11-21-12-10-15/h1-14,23H/b22-14+. The number of nitrogens with one attached hydrogen (secondary N) is 1. The van der Waals surface area contributed by atoms with Crippen LogP contribution in [0.3, 0.4) is 0 Å². The lowest BCUT2D eigenvalue weighted by molar-refractivity contribution is 1.32. The Bertz CT molecular complexity index is 954. The van der Waals surface area contributed by atoms with Crippen LogP contribution >= 0.6 is 0 Å². The maximum atomic E-state index is 4.55. The molecule has 0 aliphatic rings. The summed E-state index contributed by atoms with van der Waals surface area (Å²) in [6.45, 7) is 0. The molecule has 0 aliphatic heterocycles. The minimum absolute atomic E-state index is 0.949. The molecule has 4 aromatic rings. The Hall–Kier alpha value is -3.20. The molecule has 0 fully saturated rings. The second kappa shape index (κ2) is 5.89. The van der Waals surface area contributed by atoms with Crippen LogP contribution in [0.4, 0.5) is 5.69 Å². The van der Waals surface area contributed by atoms with Crippen LogP contribution in [0.15, 0.2) is 84.1 Å². The normalized spacial score (nSPS) is 11.3. The Morgan fingerprint density at radius 1 is 0.870 bits per heavy atom. The molecule has 0 amide bonds. The largest absolute Gasteiger partial charge is 0.354 e. The average Bonchev–Trinajstić information content (AvgIpc) is 3.06. The molecule has 0 saturated carbocycles. The molecule has 0 bridgehead atoms. The number of aromatic nitrogens is 2. The maximum absolute atomic E-state index is 4.55. The van der Waals surface area contributed by atoms with Gasteiger partial charge >= 0.3 is 0 Å². The smallest absolute Gasteiger partial charge is 0.0629 e. The molecule has 2 aromatic carbocycles. The van der Waals surface area contributed by atoms with Crippen molar-refractivity contribution in [2.24, 2.45) is 4.99 Å². The molecule has 0 spiro atoms. The second-order valence-corrected chi connectivity index (χ2v) is 5.32. The Morgan fingerprint density at radius 2 is 1.70 bits per heavy atom. The number of aromatic amines is 1. The van der Waals surface area contributed by atoms with E-state index in [2.05, 4.69) is 39.2 Å². The lowest BCUT2D eigenvalue weighted by Crippen LogP contribution is -1.83. The van der Waals surface area contributed by atoms with Crippen LogP contribution in [0.5, 0.6) is 0 Å². The number of pyridine rings is 1. The van der Waals surface area contributed by atoms with Gasteiger partial charge in [0.05, 0.1) is 11.2 Å². The number of H-pyrrole nitrogens is 1. The number of fused-ring (bicyclic) bond motifs is 1. The minimum Gasteiger partial charge on any atom is -0.354 e. The van der Waals surface area contributed by atoms with Crippen LogP contribution in [0.1, 0.15) is 5.56 Å². The summed E-state index contributed by atoms with van der Waals surface area (Å²) in [6.07, 6.45) is 5.52. The fraction of sp³-hybridized carbons (Fsp3) is 0. The van der Waals surface area contributed by atoms with Crippen molar-refractivity contribution in [1.29, 1.82) is 0 Å². The third-order valence-electron chi connectivity index (χ3n) is 3.79. The predicted molar refractivity (Wildman–Crippen MR) is 95.2 cm³/mol. The van der Waals surface area contributed by atoms with E-state index in [9.17, 15) is 0 Å². The highest BCUT2D eigenvalue weighted by Gasteiger charge is 2.05. The Morgan fingerprint density at radius 3 is 2.52 bits per heavy atom. The SMILES string of the molecule is C(=N\c1ccccc1)/c1cccc2cc(-c3ccncc3)[nH]c12. The van der Waals surface area contributed by atoms with E-state index in [4.69, 9.17) is 0 Å². The Kier molecular flexibility index (Phi) is 3.45. The summed E-state index contributed by atoms with van der Waals surface area (Å²) in [6, 6.07) is 22.4. The van der Waals surface area contributed by atoms with Gasteiger partial charge in [-0.3, -0.25) is 9.98 Å². The molecule has 110 valence electrons. The molecule has 3 nitrogen and oxygen atoms in total. The summed E-state index contributed by atoms with van der Waals surface area (Å²) < 4.78 is 0. The predicted octanol–water partition coefficient (Wildman–Crippen LogP) is 4.98. The van der Waals surface area contributed by atoms with Crippen LogP contribution in [0.2, 0.25) is 0 Å². The molecule has 1 N–H and O–H groups in total. The molecule has 0 saturated heterocycles. The highest BCUT2D eigenvalue weighted by Crippen LogP contribution is 2.25. The fourth-order valence-electron chi connectivity index (χ4n) is 2.63. The minimum atomic E-state index is 0.949. The van der Waals surface area contributed by atoms with Gasteiger partial charge in [0.2, 0.25) is 0 Å². The zero-order valence-corrected chi connectivity index (χ0v) is 12.5. The number of hydrogen-bond donors (Lipinski definition) is 1. The van der Waals surface area contributed by atoms with E-state index >= 15 is 0 Å². The summed E-state index contributed by atoms with van der Waals surface area (Å²) in [5.74, 6) is 0. The van der Waals surface area contributed by atoms with Crippen molar-refractivity contribution in [3.8, 4) is 11.3 Å². The summed E-state index contributed by atoms with van der Waals surface area (Å²) in [5.41, 5.74) is 5.33. The van der Waals surface area contributed by atoms with Crippen molar-refractivity contribution in [3.63, 3.8) is 0 Å². The van der Waals surface area contributed by atoms with Gasteiger partial charge in [0.1, 0.15) is 0 Å². The van der Waals surface area contributed by atoms with Crippen molar-refractivity contribution in [3.05, 3.63) is 84.7 Å². The van der Waals surface area contributed by atoms with E-state index in [-0.39, 0.29) is 0 Å². The van der Waals surface area contributed by atoms with E-state index in [0.29, 0.717) is 0 Å². The number of para-hydroxylation sites is 2. The van der Waals surface area contributed by atoms with Crippen molar-refractivity contribution < 1.29 is 0 Å². The van der Waals surface area contributed by atoms with Gasteiger partial charge in [0.25, 0.3) is 0 Å².